The molecule has 0 radical (unpaired) electrons. The molecule has 0 unspecified atom stereocenters. The molecule has 0 bridgehead atoms. The second kappa shape index (κ2) is 3.96. The van der Waals surface area contributed by atoms with Crippen molar-refractivity contribution >= 4 is 28.8 Å². The van der Waals surface area contributed by atoms with Crippen molar-refractivity contribution in [3.63, 3.8) is 0 Å². The minimum Gasteiger partial charge on any atom is -0.370 e. The van der Waals surface area contributed by atoms with Gasteiger partial charge in [0.05, 0.1) is 10.8 Å². The molecule has 2 rings (SSSR count). The summed E-state index contributed by atoms with van der Waals surface area (Å²) in [6.45, 7) is 2.08. The van der Waals surface area contributed by atoms with E-state index in [1.807, 2.05) is 6.20 Å². The maximum Gasteiger partial charge on any atom is 0.277 e. The Kier molecular flexibility index (Phi) is 2.66. The lowest BCUT2D eigenvalue weighted by molar-refractivity contribution is 0.614. The van der Waals surface area contributed by atoms with Crippen LogP contribution in [0.3, 0.4) is 0 Å². The lowest BCUT2D eigenvalue weighted by Gasteiger charge is -2.33. The van der Waals surface area contributed by atoms with Crippen LogP contribution in [0.2, 0.25) is 0 Å². The van der Waals surface area contributed by atoms with E-state index in [1.165, 1.54) is 11.0 Å². The zero-order valence-corrected chi connectivity index (χ0v) is 9.25. The number of thiocarbonyl (C=S) groups is 1. The Bertz CT molecular complexity index is 484. The summed E-state index contributed by atoms with van der Waals surface area (Å²) < 4.78 is 1.53. The first kappa shape index (κ1) is 10.1. The van der Waals surface area contributed by atoms with E-state index in [0.717, 1.165) is 18.8 Å². The Morgan fingerprint density at radius 3 is 2.80 bits per heavy atom. The second-order valence-electron chi connectivity index (χ2n) is 3.54. The summed E-state index contributed by atoms with van der Waals surface area (Å²) in [7, 11) is 1.72. The maximum atomic E-state index is 11.6. The molecule has 1 fully saturated rings. The molecule has 78 valence electrons. The van der Waals surface area contributed by atoms with Gasteiger partial charge in [0.1, 0.15) is 5.69 Å². The zero-order chi connectivity index (χ0) is 10.8. The van der Waals surface area contributed by atoms with Gasteiger partial charge in [-0.2, -0.15) is 4.99 Å². The van der Waals surface area contributed by atoms with Crippen molar-refractivity contribution in [2.45, 2.75) is 6.42 Å². The van der Waals surface area contributed by atoms with Crippen LogP contribution in [0.1, 0.15) is 6.42 Å². The van der Waals surface area contributed by atoms with Crippen molar-refractivity contribution in [1.29, 1.82) is 0 Å². The highest BCUT2D eigenvalue weighted by atomic mass is 32.1. The number of hydrogen-bond acceptors (Lipinski definition) is 4. The maximum absolute atomic E-state index is 11.6. The number of aryl methyl sites for hydroxylation is 1. The Hall–Kier alpha value is -1.45. The second-order valence-corrected chi connectivity index (χ2v) is 3.73. The zero-order valence-electron chi connectivity index (χ0n) is 8.43. The molecule has 4 nitrogen and oxygen atoms in total. The van der Waals surface area contributed by atoms with Crippen LogP contribution in [-0.4, -0.2) is 22.8 Å². The van der Waals surface area contributed by atoms with Crippen molar-refractivity contribution < 1.29 is 0 Å². The number of nitrogens with zero attached hydrogens (tertiary/aromatic N) is 3. The summed E-state index contributed by atoms with van der Waals surface area (Å²) >= 11 is 4.51. The number of pyridine rings is 1. The van der Waals surface area contributed by atoms with Crippen LogP contribution in [-0.2, 0) is 7.05 Å². The van der Waals surface area contributed by atoms with Crippen molar-refractivity contribution in [2.75, 3.05) is 18.0 Å². The normalized spacial score (nSPS) is 14.3. The van der Waals surface area contributed by atoms with E-state index >= 15 is 0 Å². The van der Waals surface area contributed by atoms with Crippen molar-refractivity contribution in [3.05, 3.63) is 22.6 Å². The molecule has 15 heavy (non-hydrogen) atoms. The van der Waals surface area contributed by atoms with Gasteiger partial charge in [-0.1, -0.05) is 0 Å². The third-order valence-corrected chi connectivity index (χ3v) is 2.63. The molecular weight excluding hydrogens is 210 g/mol. The fourth-order valence-corrected chi connectivity index (χ4v) is 1.65. The number of aromatic nitrogens is 1. The van der Waals surface area contributed by atoms with Crippen molar-refractivity contribution in [1.82, 2.24) is 4.57 Å². The Morgan fingerprint density at radius 1 is 1.53 bits per heavy atom. The van der Waals surface area contributed by atoms with Gasteiger partial charge in [0, 0.05) is 26.3 Å². The summed E-state index contributed by atoms with van der Waals surface area (Å²) in [5.74, 6) is 0. The van der Waals surface area contributed by atoms with E-state index < -0.39 is 0 Å². The van der Waals surface area contributed by atoms with Crippen LogP contribution >= 0.6 is 12.2 Å². The van der Waals surface area contributed by atoms with Crippen molar-refractivity contribution in [2.24, 2.45) is 12.0 Å². The van der Waals surface area contributed by atoms with E-state index in [-0.39, 0.29) is 5.56 Å². The molecule has 0 aromatic carbocycles. The Labute approximate surface area is 92.9 Å². The van der Waals surface area contributed by atoms with Gasteiger partial charge in [0.2, 0.25) is 0 Å². The average Bonchev–Trinajstić information content (AvgIpc) is 2.11. The molecule has 1 aromatic rings. The van der Waals surface area contributed by atoms with E-state index in [9.17, 15) is 4.79 Å². The minimum atomic E-state index is -0.142. The van der Waals surface area contributed by atoms with Gasteiger partial charge in [0.15, 0.2) is 0 Å². The van der Waals surface area contributed by atoms with Gasteiger partial charge in [-0.15, -0.1) is 0 Å². The van der Waals surface area contributed by atoms with E-state index in [2.05, 4.69) is 27.3 Å². The molecule has 5 heteroatoms. The standard InChI is InChI=1S/C10H11N3OS/c1-12-6-8(13-3-2-4-13)5-9(10(12)14)11-7-15/h5-6H,2-4H2,1H3. The summed E-state index contributed by atoms with van der Waals surface area (Å²) in [5, 5.41) is 2.23. The molecule has 0 amide bonds. The fourth-order valence-electron chi connectivity index (χ4n) is 1.55. The van der Waals surface area contributed by atoms with Gasteiger partial charge in [-0.3, -0.25) is 4.79 Å². The van der Waals surface area contributed by atoms with E-state index in [4.69, 9.17) is 0 Å². The topological polar surface area (TPSA) is 37.6 Å². The van der Waals surface area contributed by atoms with Crippen LogP contribution in [0, 0.1) is 0 Å². The number of aliphatic imine (C=N–C) groups is 1. The average molecular weight is 221 g/mol. The van der Waals surface area contributed by atoms with Crippen LogP contribution in [0.5, 0.6) is 0 Å². The predicted molar refractivity (Wildman–Crippen MR) is 63.2 cm³/mol. The van der Waals surface area contributed by atoms with Crippen LogP contribution in [0.15, 0.2) is 22.1 Å². The molecule has 0 saturated carbocycles. The molecule has 1 aliphatic heterocycles. The first-order chi connectivity index (χ1) is 7.22. The van der Waals surface area contributed by atoms with Gasteiger partial charge in [-0.05, 0) is 24.7 Å². The third-order valence-electron chi connectivity index (χ3n) is 2.54. The monoisotopic (exact) mass is 221 g/mol. The first-order valence-electron chi connectivity index (χ1n) is 4.76. The van der Waals surface area contributed by atoms with Gasteiger partial charge >= 0.3 is 0 Å². The highest BCUT2D eigenvalue weighted by Gasteiger charge is 2.16. The SMILES string of the molecule is Cn1cc(N2CCC2)cc(N=C=S)c1=O. The lowest BCUT2D eigenvalue weighted by atomic mass is 10.2. The molecule has 1 aliphatic rings. The molecule has 0 aliphatic carbocycles. The summed E-state index contributed by atoms with van der Waals surface area (Å²) in [5.41, 5.74) is 1.24. The van der Waals surface area contributed by atoms with Gasteiger partial charge in [0.25, 0.3) is 5.56 Å². The quantitative estimate of drug-likeness (QED) is 0.558. The van der Waals surface area contributed by atoms with Crippen LogP contribution < -0.4 is 10.5 Å². The predicted octanol–water partition coefficient (Wildman–Crippen LogP) is 1.33. The summed E-state index contributed by atoms with van der Waals surface area (Å²) in [6, 6.07) is 1.76. The fraction of sp³-hybridized carbons (Fsp3) is 0.400. The minimum absolute atomic E-state index is 0.142. The summed E-state index contributed by atoms with van der Waals surface area (Å²) in [4.78, 5) is 17.6. The molecule has 2 heterocycles. The number of hydrogen-bond donors (Lipinski definition) is 0. The van der Waals surface area contributed by atoms with E-state index in [0.29, 0.717) is 5.69 Å². The molecule has 0 spiro atoms. The van der Waals surface area contributed by atoms with Crippen LogP contribution in [0.25, 0.3) is 0 Å². The number of anilines is 1. The van der Waals surface area contributed by atoms with Crippen molar-refractivity contribution in [3.8, 4) is 0 Å². The lowest BCUT2D eigenvalue weighted by Crippen LogP contribution is -2.37. The molecular formula is C10H11N3OS. The Morgan fingerprint density at radius 2 is 2.27 bits per heavy atom. The highest BCUT2D eigenvalue weighted by Crippen LogP contribution is 2.22. The van der Waals surface area contributed by atoms with Crippen LogP contribution in [0.4, 0.5) is 11.4 Å². The number of isothiocyanates is 1. The first-order valence-corrected chi connectivity index (χ1v) is 5.16. The van der Waals surface area contributed by atoms with E-state index in [1.54, 1.807) is 13.1 Å². The third kappa shape index (κ3) is 1.84. The molecule has 1 saturated heterocycles. The number of rotatable bonds is 2. The molecule has 0 atom stereocenters. The van der Waals surface area contributed by atoms with Gasteiger partial charge < -0.3 is 9.47 Å². The largest absolute Gasteiger partial charge is 0.370 e. The highest BCUT2D eigenvalue weighted by molar-refractivity contribution is 7.78. The summed E-state index contributed by atoms with van der Waals surface area (Å²) in [6.07, 6.45) is 3.03. The molecule has 1 aromatic heterocycles. The smallest absolute Gasteiger partial charge is 0.277 e. The van der Waals surface area contributed by atoms with Gasteiger partial charge in [-0.25, -0.2) is 0 Å². The Balaban J connectivity index is 2.49. The molecule has 0 N–H and O–H groups in total.